The molecule has 2 atom stereocenters. The maximum atomic E-state index is 11.6. The molecule has 0 amide bonds. The monoisotopic (exact) mass is 237 g/mol. The van der Waals surface area contributed by atoms with E-state index in [9.17, 15) is 8.42 Å². The van der Waals surface area contributed by atoms with Gasteiger partial charge in [0, 0.05) is 13.2 Å². The number of hydrogen-bond donors (Lipinski definition) is 2. The van der Waals surface area contributed by atoms with E-state index in [4.69, 9.17) is 9.84 Å². The summed E-state index contributed by atoms with van der Waals surface area (Å²) in [5.41, 5.74) is -0.506. The molecular formula is C9H19NO4S. The Bertz CT molecular complexity index is 303. The lowest BCUT2D eigenvalue weighted by molar-refractivity contribution is 0.0957. The highest BCUT2D eigenvalue weighted by Crippen LogP contribution is 2.25. The fourth-order valence-corrected chi connectivity index (χ4v) is 3.22. The molecule has 1 saturated heterocycles. The van der Waals surface area contributed by atoms with Gasteiger partial charge in [-0.2, -0.15) is 0 Å². The van der Waals surface area contributed by atoms with Crippen LogP contribution < -0.4 is 4.72 Å². The van der Waals surface area contributed by atoms with Crippen LogP contribution in [0.15, 0.2) is 0 Å². The summed E-state index contributed by atoms with van der Waals surface area (Å²) in [6.45, 7) is 4.19. The average molecular weight is 237 g/mol. The number of aliphatic hydroxyl groups is 1. The van der Waals surface area contributed by atoms with Gasteiger partial charge in [-0.25, -0.2) is 13.1 Å². The van der Waals surface area contributed by atoms with Gasteiger partial charge in [0.2, 0.25) is 10.0 Å². The molecule has 90 valence electrons. The first-order valence-electron chi connectivity index (χ1n) is 5.14. The Morgan fingerprint density at radius 1 is 1.60 bits per heavy atom. The van der Waals surface area contributed by atoms with Gasteiger partial charge in [0.15, 0.2) is 0 Å². The van der Waals surface area contributed by atoms with Gasteiger partial charge >= 0.3 is 0 Å². The van der Waals surface area contributed by atoms with Crippen LogP contribution in [0.3, 0.4) is 0 Å². The number of nitrogens with one attached hydrogen (secondary N) is 1. The summed E-state index contributed by atoms with van der Waals surface area (Å²) >= 11 is 0. The highest BCUT2D eigenvalue weighted by molar-refractivity contribution is 7.89. The molecule has 5 nitrogen and oxygen atoms in total. The Morgan fingerprint density at radius 3 is 2.73 bits per heavy atom. The molecule has 0 spiro atoms. The van der Waals surface area contributed by atoms with E-state index in [0.717, 1.165) is 0 Å². The zero-order valence-corrected chi connectivity index (χ0v) is 10.0. The minimum Gasteiger partial charge on any atom is -0.396 e. The summed E-state index contributed by atoms with van der Waals surface area (Å²) in [6, 6.07) is 0. The maximum Gasteiger partial charge on any atom is 0.212 e. The van der Waals surface area contributed by atoms with E-state index >= 15 is 0 Å². The van der Waals surface area contributed by atoms with E-state index in [1.165, 1.54) is 0 Å². The van der Waals surface area contributed by atoms with Crippen molar-refractivity contribution in [3.63, 3.8) is 0 Å². The van der Waals surface area contributed by atoms with Crippen LogP contribution in [0.25, 0.3) is 0 Å². The number of aliphatic hydroxyl groups excluding tert-OH is 1. The molecule has 1 heterocycles. The van der Waals surface area contributed by atoms with E-state index in [1.807, 2.05) is 13.8 Å². The molecule has 6 heteroatoms. The van der Waals surface area contributed by atoms with Gasteiger partial charge in [-0.3, -0.25) is 0 Å². The number of ether oxygens (including phenoxy) is 1. The van der Waals surface area contributed by atoms with Crippen LogP contribution in [-0.2, 0) is 14.8 Å². The molecule has 0 aliphatic carbocycles. The topological polar surface area (TPSA) is 75.6 Å². The lowest BCUT2D eigenvalue weighted by Gasteiger charge is -2.28. The lowest BCUT2D eigenvalue weighted by Crippen LogP contribution is -2.51. The molecule has 0 radical (unpaired) electrons. The molecule has 2 N–H and O–H groups in total. The van der Waals surface area contributed by atoms with E-state index < -0.39 is 15.6 Å². The number of sulfonamides is 1. The third kappa shape index (κ3) is 3.41. The van der Waals surface area contributed by atoms with Crippen molar-refractivity contribution < 1.29 is 18.3 Å². The van der Waals surface area contributed by atoms with Crippen molar-refractivity contribution in [2.24, 2.45) is 0 Å². The molecule has 1 rings (SSSR count). The fraction of sp³-hybridized carbons (Fsp3) is 1.00. The third-order valence-electron chi connectivity index (χ3n) is 2.85. The molecule has 0 aromatic rings. The second-order valence-electron chi connectivity index (χ2n) is 4.18. The summed E-state index contributed by atoms with van der Waals surface area (Å²) in [7, 11) is -3.31. The minimum absolute atomic E-state index is 0.0359. The second-order valence-corrected chi connectivity index (χ2v) is 6.02. The normalized spacial score (nSPS) is 32.1. The largest absolute Gasteiger partial charge is 0.396 e. The first kappa shape index (κ1) is 12.9. The van der Waals surface area contributed by atoms with Crippen molar-refractivity contribution in [3.05, 3.63) is 0 Å². The van der Waals surface area contributed by atoms with Gasteiger partial charge in [0.25, 0.3) is 0 Å². The molecule has 1 aliphatic rings. The lowest BCUT2D eigenvalue weighted by atomic mass is 9.97. The van der Waals surface area contributed by atoms with Gasteiger partial charge in [-0.05, 0) is 26.7 Å². The van der Waals surface area contributed by atoms with E-state index in [2.05, 4.69) is 4.72 Å². The van der Waals surface area contributed by atoms with Crippen LogP contribution in [0.4, 0.5) is 0 Å². The van der Waals surface area contributed by atoms with Crippen molar-refractivity contribution in [1.82, 2.24) is 4.72 Å². The van der Waals surface area contributed by atoms with Crippen LogP contribution >= 0.6 is 0 Å². The molecule has 0 saturated carbocycles. The number of rotatable bonds is 5. The Kier molecular flexibility index (Phi) is 4.11. The highest BCUT2D eigenvalue weighted by Gasteiger charge is 2.39. The Hall–Kier alpha value is -0.170. The molecule has 0 aromatic heterocycles. The first-order valence-corrected chi connectivity index (χ1v) is 6.79. The Labute approximate surface area is 90.9 Å². The highest BCUT2D eigenvalue weighted by atomic mass is 32.2. The average Bonchev–Trinajstić information content (AvgIpc) is 2.43. The van der Waals surface area contributed by atoms with Gasteiger partial charge < -0.3 is 9.84 Å². The van der Waals surface area contributed by atoms with Crippen LogP contribution in [0, 0.1) is 0 Å². The van der Waals surface area contributed by atoms with Crippen molar-refractivity contribution in [2.75, 3.05) is 19.0 Å². The summed E-state index contributed by atoms with van der Waals surface area (Å²) in [4.78, 5) is 0. The van der Waals surface area contributed by atoms with Gasteiger partial charge in [0.05, 0.1) is 17.4 Å². The maximum absolute atomic E-state index is 11.6. The molecule has 0 bridgehead atoms. The van der Waals surface area contributed by atoms with Gasteiger partial charge in [-0.15, -0.1) is 0 Å². The fourth-order valence-electron chi connectivity index (χ4n) is 1.63. The summed E-state index contributed by atoms with van der Waals surface area (Å²) < 4.78 is 31.2. The third-order valence-corrected chi connectivity index (χ3v) is 4.45. The molecule has 2 unspecified atom stereocenters. The van der Waals surface area contributed by atoms with E-state index in [-0.39, 0.29) is 24.9 Å². The summed E-state index contributed by atoms with van der Waals surface area (Å²) in [5.74, 6) is -0.0359. The van der Waals surface area contributed by atoms with Crippen LogP contribution in [0.1, 0.15) is 26.7 Å². The van der Waals surface area contributed by atoms with Gasteiger partial charge in [-0.1, -0.05) is 0 Å². The predicted octanol–water partition coefficient (Wildman–Crippen LogP) is -0.144. The van der Waals surface area contributed by atoms with Crippen LogP contribution in [0.5, 0.6) is 0 Å². The minimum atomic E-state index is -3.31. The van der Waals surface area contributed by atoms with E-state index in [0.29, 0.717) is 13.0 Å². The predicted molar refractivity (Wildman–Crippen MR) is 57.1 cm³/mol. The van der Waals surface area contributed by atoms with Crippen LogP contribution in [-0.4, -0.2) is 44.1 Å². The molecule has 0 aromatic carbocycles. The molecule has 15 heavy (non-hydrogen) atoms. The van der Waals surface area contributed by atoms with Gasteiger partial charge in [0.1, 0.15) is 0 Å². The number of hydrogen-bond acceptors (Lipinski definition) is 4. The van der Waals surface area contributed by atoms with Crippen molar-refractivity contribution >= 4 is 10.0 Å². The second kappa shape index (κ2) is 4.78. The molecular weight excluding hydrogens is 218 g/mol. The Morgan fingerprint density at radius 2 is 2.27 bits per heavy atom. The quantitative estimate of drug-likeness (QED) is 0.697. The molecule has 1 fully saturated rings. The summed E-state index contributed by atoms with van der Waals surface area (Å²) in [6.07, 6.45) is 0.842. The van der Waals surface area contributed by atoms with E-state index in [1.54, 1.807) is 0 Å². The van der Waals surface area contributed by atoms with Crippen molar-refractivity contribution in [3.8, 4) is 0 Å². The van der Waals surface area contributed by atoms with Crippen molar-refractivity contribution in [2.45, 2.75) is 38.3 Å². The molecule has 1 aliphatic heterocycles. The SMILES string of the molecule is CC1OCCC1(C)NS(=O)(=O)CCCO. The van der Waals surface area contributed by atoms with Crippen LogP contribution in [0.2, 0.25) is 0 Å². The Balaban J connectivity index is 2.60. The standard InChI is InChI=1S/C9H19NO4S/c1-8-9(2,4-6-14-8)10-15(12,13)7-3-5-11/h8,10-11H,3-7H2,1-2H3. The summed E-state index contributed by atoms with van der Waals surface area (Å²) in [5, 5.41) is 8.59. The van der Waals surface area contributed by atoms with Crippen molar-refractivity contribution in [1.29, 1.82) is 0 Å². The first-order chi connectivity index (χ1) is 6.90. The smallest absolute Gasteiger partial charge is 0.212 e. The zero-order chi connectivity index (χ0) is 11.5. The zero-order valence-electron chi connectivity index (χ0n) is 9.19.